The Bertz CT molecular complexity index is 1020. The van der Waals surface area contributed by atoms with E-state index in [9.17, 15) is 9.59 Å². The van der Waals surface area contributed by atoms with E-state index in [2.05, 4.69) is 28.6 Å². The maximum atomic E-state index is 12.9. The third-order valence-corrected chi connectivity index (χ3v) is 6.32. The lowest BCUT2D eigenvalue weighted by molar-refractivity contribution is -0.118. The normalized spacial score (nSPS) is 11.9. The third-order valence-electron chi connectivity index (χ3n) is 5.17. The Morgan fingerprint density at radius 2 is 1.72 bits per heavy atom. The zero-order valence-corrected chi connectivity index (χ0v) is 20.1. The molecule has 0 aliphatic carbocycles. The van der Waals surface area contributed by atoms with Gasteiger partial charge in [0.2, 0.25) is 5.91 Å². The van der Waals surface area contributed by atoms with Gasteiger partial charge in [-0.2, -0.15) is 0 Å². The molecule has 3 aromatic rings. The van der Waals surface area contributed by atoms with Crippen molar-refractivity contribution in [2.75, 3.05) is 26.0 Å². The first kappa shape index (κ1) is 24.0. The largest absolute Gasteiger partial charge is 0.345 e. The minimum atomic E-state index is -0.0938. The number of carbonyl (C=O) groups is 2. The summed E-state index contributed by atoms with van der Waals surface area (Å²) in [5.41, 5.74) is 2.36. The maximum Gasteiger partial charge on any atom is 0.253 e. The molecule has 5 nitrogen and oxygen atoms in total. The molecule has 32 heavy (non-hydrogen) atoms. The topological polar surface area (TPSA) is 52.7 Å². The van der Waals surface area contributed by atoms with Crippen LogP contribution in [0.5, 0.6) is 0 Å². The Hall–Kier alpha value is -2.67. The molecule has 0 fully saturated rings. The Kier molecular flexibility index (Phi) is 8.45. The Morgan fingerprint density at radius 3 is 2.31 bits per heavy atom. The summed E-state index contributed by atoms with van der Waals surface area (Å²) in [6, 6.07) is 19.0. The second-order valence-corrected chi connectivity index (χ2v) is 9.46. The summed E-state index contributed by atoms with van der Waals surface area (Å²) in [5, 5.41) is 5.72. The number of anilines is 1. The van der Waals surface area contributed by atoms with Gasteiger partial charge in [-0.15, -0.1) is 11.3 Å². The van der Waals surface area contributed by atoms with Crippen molar-refractivity contribution in [3.8, 4) is 0 Å². The van der Waals surface area contributed by atoms with E-state index in [4.69, 9.17) is 11.6 Å². The van der Waals surface area contributed by atoms with Gasteiger partial charge in [-0.3, -0.25) is 14.5 Å². The minimum Gasteiger partial charge on any atom is -0.345 e. The lowest BCUT2D eigenvalue weighted by Crippen LogP contribution is -2.40. The molecule has 1 N–H and O–H groups in total. The fourth-order valence-electron chi connectivity index (χ4n) is 3.38. The third kappa shape index (κ3) is 6.92. The molecule has 0 aliphatic heterocycles. The standard InChI is InChI=1S/C25H28ClN3O2S/c1-18(15-23-5-4-14-32-23)29(16-19-6-10-21(26)11-7-19)17-24(30)27-22-12-8-20(9-13-22)25(31)28(2)3/h4-14,18H,15-17H2,1-3H3,(H,27,30)/t18-/m0/s1. The van der Waals surface area contributed by atoms with Crippen molar-refractivity contribution >= 4 is 40.4 Å². The molecule has 2 aromatic carbocycles. The summed E-state index contributed by atoms with van der Waals surface area (Å²) in [5.74, 6) is -0.164. The van der Waals surface area contributed by atoms with Crippen LogP contribution < -0.4 is 5.32 Å². The van der Waals surface area contributed by atoms with Crippen LogP contribution in [0.1, 0.15) is 27.7 Å². The zero-order valence-electron chi connectivity index (χ0n) is 18.5. The predicted molar refractivity (Wildman–Crippen MR) is 132 cm³/mol. The van der Waals surface area contributed by atoms with Gasteiger partial charge in [-0.1, -0.05) is 29.8 Å². The molecule has 0 saturated heterocycles. The fraction of sp³-hybridized carbons (Fsp3) is 0.280. The second-order valence-electron chi connectivity index (χ2n) is 7.99. The van der Waals surface area contributed by atoms with Crippen LogP contribution in [0.4, 0.5) is 5.69 Å². The molecular weight excluding hydrogens is 442 g/mol. The Balaban J connectivity index is 1.67. The van der Waals surface area contributed by atoms with Gasteiger partial charge >= 0.3 is 0 Å². The zero-order chi connectivity index (χ0) is 23.1. The van der Waals surface area contributed by atoms with Crippen LogP contribution in [-0.4, -0.2) is 48.3 Å². The molecule has 0 saturated carbocycles. The van der Waals surface area contributed by atoms with E-state index in [1.807, 2.05) is 30.3 Å². The monoisotopic (exact) mass is 469 g/mol. The van der Waals surface area contributed by atoms with Gasteiger partial charge in [0.05, 0.1) is 6.54 Å². The highest BCUT2D eigenvalue weighted by Crippen LogP contribution is 2.18. The van der Waals surface area contributed by atoms with Crippen molar-refractivity contribution in [1.82, 2.24) is 9.80 Å². The molecule has 0 bridgehead atoms. The van der Waals surface area contributed by atoms with E-state index >= 15 is 0 Å². The van der Waals surface area contributed by atoms with E-state index in [0.717, 1.165) is 12.0 Å². The summed E-state index contributed by atoms with van der Waals surface area (Å²) in [4.78, 5) is 29.9. The van der Waals surface area contributed by atoms with Crippen LogP contribution in [0, 0.1) is 0 Å². The molecule has 1 heterocycles. The van der Waals surface area contributed by atoms with Crippen LogP contribution in [0.25, 0.3) is 0 Å². The first-order valence-electron chi connectivity index (χ1n) is 10.4. The highest BCUT2D eigenvalue weighted by atomic mass is 35.5. The van der Waals surface area contributed by atoms with Crippen molar-refractivity contribution in [3.05, 3.63) is 87.1 Å². The molecule has 2 amide bonds. The van der Waals surface area contributed by atoms with Crippen molar-refractivity contribution < 1.29 is 9.59 Å². The molecule has 0 spiro atoms. The van der Waals surface area contributed by atoms with Crippen LogP contribution in [0.3, 0.4) is 0 Å². The quantitative estimate of drug-likeness (QED) is 0.470. The van der Waals surface area contributed by atoms with E-state index < -0.39 is 0 Å². The van der Waals surface area contributed by atoms with Crippen LogP contribution in [0.2, 0.25) is 5.02 Å². The highest BCUT2D eigenvalue weighted by molar-refractivity contribution is 7.09. The first-order valence-corrected chi connectivity index (χ1v) is 11.7. The fourth-order valence-corrected chi connectivity index (χ4v) is 4.33. The van der Waals surface area contributed by atoms with Gasteiger partial charge in [0.15, 0.2) is 0 Å². The molecule has 168 valence electrons. The number of benzene rings is 2. The maximum absolute atomic E-state index is 12.9. The Labute approximate surface area is 198 Å². The van der Waals surface area contributed by atoms with Gasteiger partial charge in [0.1, 0.15) is 0 Å². The van der Waals surface area contributed by atoms with E-state index in [0.29, 0.717) is 22.8 Å². The highest BCUT2D eigenvalue weighted by Gasteiger charge is 2.19. The first-order chi connectivity index (χ1) is 15.3. The van der Waals surface area contributed by atoms with Crippen molar-refractivity contribution in [1.29, 1.82) is 0 Å². The lowest BCUT2D eigenvalue weighted by atomic mass is 10.1. The lowest BCUT2D eigenvalue weighted by Gasteiger charge is -2.28. The Morgan fingerprint density at radius 1 is 1.03 bits per heavy atom. The predicted octanol–water partition coefficient (Wildman–Crippen LogP) is 5.18. The van der Waals surface area contributed by atoms with Gasteiger partial charge in [0, 0.05) is 47.8 Å². The molecule has 1 atom stereocenters. The van der Waals surface area contributed by atoms with Crippen molar-refractivity contribution in [2.45, 2.75) is 25.9 Å². The molecule has 0 radical (unpaired) electrons. The summed E-state index contributed by atoms with van der Waals surface area (Å²) >= 11 is 7.76. The summed E-state index contributed by atoms with van der Waals surface area (Å²) in [6.45, 7) is 3.05. The summed E-state index contributed by atoms with van der Waals surface area (Å²) in [6.07, 6.45) is 0.875. The average molecular weight is 470 g/mol. The molecule has 0 aliphatic rings. The minimum absolute atomic E-state index is 0.0700. The molecule has 7 heteroatoms. The van der Waals surface area contributed by atoms with E-state index in [1.54, 1.807) is 49.7 Å². The van der Waals surface area contributed by atoms with Gasteiger partial charge < -0.3 is 10.2 Å². The number of thiophene rings is 1. The van der Waals surface area contributed by atoms with Crippen molar-refractivity contribution in [3.63, 3.8) is 0 Å². The molecule has 1 aromatic heterocycles. The number of carbonyl (C=O) groups excluding carboxylic acids is 2. The summed E-state index contributed by atoms with van der Waals surface area (Å²) in [7, 11) is 3.43. The van der Waals surface area contributed by atoms with Crippen LogP contribution in [-0.2, 0) is 17.8 Å². The van der Waals surface area contributed by atoms with Crippen LogP contribution >= 0.6 is 22.9 Å². The molecule has 0 unspecified atom stereocenters. The molecular formula is C25H28ClN3O2S. The SMILES string of the molecule is C[C@@H](Cc1cccs1)N(CC(=O)Nc1ccc(C(=O)N(C)C)cc1)Cc1ccc(Cl)cc1. The van der Waals surface area contributed by atoms with E-state index in [-0.39, 0.29) is 24.4 Å². The smallest absolute Gasteiger partial charge is 0.253 e. The van der Waals surface area contributed by atoms with Gasteiger partial charge in [-0.25, -0.2) is 0 Å². The number of nitrogens with zero attached hydrogens (tertiary/aromatic N) is 2. The summed E-state index contributed by atoms with van der Waals surface area (Å²) < 4.78 is 0. The van der Waals surface area contributed by atoms with Crippen LogP contribution in [0.15, 0.2) is 66.0 Å². The number of halogens is 1. The second kappa shape index (κ2) is 11.3. The van der Waals surface area contributed by atoms with Gasteiger partial charge in [-0.05, 0) is 66.8 Å². The van der Waals surface area contributed by atoms with E-state index in [1.165, 1.54) is 9.78 Å². The average Bonchev–Trinajstić information content (AvgIpc) is 3.27. The number of nitrogens with one attached hydrogen (secondary N) is 1. The number of hydrogen-bond donors (Lipinski definition) is 1. The molecule has 3 rings (SSSR count). The number of rotatable bonds is 9. The number of amides is 2. The number of hydrogen-bond acceptors (Lipinski definition) is 4. The van der Waals surface area contributed by atoms with Gasteiger partial charge in [0.25, 0.3) is 5.91 Å². The van der Waals surface area contributed by atoms with Crippen molar-refractivity contribution in [2.24, 2.45) is 0 Å².